The maximum atomic E-state index is 12.7. The summed E-state index contributed by atoms with van der Waals surface area (Å²) in [6.45, 7) is 1.91. The number of ether oxygens (including phenoxy) is 9. The smallest absolute Gasteiger partial charge is 0.206 e. The highest BCUT2D eigenvalue weighted by atomic mass is 127. The summed E-state index contributed by atoms with van der Waals surface area (Å²) in [5.74, 6) is 2.18. The fraction of sp³-hybridized carbons (Fsp3) is 0.367. The third kappa shape index (κ3) is 7.15. The van der Waals surface area contributed by atoms with Crippen molar-refractivity contribution in [2.45, 2.75) is 25.7 Å². The molecule has 11 heteroatoms. The molecule has 0 fully saturated rings. The Balaban J connectivity index is 1.78. The minimum atomic E-state index is -0.658. The highest BCUT2D eigenvalue weighted by Gasteiger charge is 2.39. The van der Waals surface area contributed by atoms with E-state index in [2.05, 4.69) is 22.6 Å². The summed E-state index contributed by atoms with van der Waals surface area (Å²) in [5.41, 5.74) is 2.03. The summed E-state index contributed by atoms with van der Waals surface area (Å²) in [4.78, 5) is 12.7. The maximum absolute atomic E-state index is 12.7. The van der Waals surface area contributed by atoms with Gasteiger partial charge in [0.25, 0.3) is 0 Å². The van der Waals surface area contributed by atoms with E-state index in [1.807, 2.05) is 30.3 Å². The standard InChI is InChI=1S/C30H33IO10/c1-18(32)21-13-22(31)28-30(27(21)38-14-19-9-7-6-8-10-19)40-25(15-37-16-33-2)26(41-28)20-11-23(35-4)29(39-17-34-3)24(12-20)36-5/h6-13,25-26H,14-17H2,1-5H3/t25-,26-/m0/s1. The van der Waals surface area contributed by atoms with Gasteiger partial charge in [0.2, 0.25) is 11.5 Å². The zero-order valence-electron chi connectivity index (χ0n) is 23.6. The van der Waals surface area contributed by atoms with Crippen LogP contribution in [0.5, 0.6) is 34.5 Å². The van der Waals surface area contributed by atoms with Gasteiger partial charge < -0.3 is 42.6 Å². The van der Waals surface area contributed by atoms with Gasteiger partial charge >= 0.3 is 0 Å². The Morgan fingerprint density at radius 1 is 0.854 bits per heavy atom. The summed E-state index contributed by atoms with van der Waals surface area (Å²) in [6.07, 6.45) is -1.31. The van der Waals surface area contributed by atoms with Gasteiger partial charge in [0.15, 0.2) is 47.8 Å². The largest absolute Gasteiger partial charge is 0.493 e. The van der Waals surface area contributed by atoms with Crippen molar-refractivity contribution in [3.63, 3.8) is 0 Å². The van der Waals surface area contributed by atoms with E-state index in [-0.39, 0.29) is 32.6 Å². The number of rotatable bonds is 14. The molecule has 0 aliphatic carbocycles. The predicted octanol–water partition coefficient (Wildman–Crippen LogP) is 5.57. The average molecular weight is 680 g/mol. The molecule has 3 aromatic rings. The van der Waals surface area contributed by atoms with Gasteiger partial charge in [0.05, 0.1) is 30.0 Å². The first kappa shape index (κ1) is 30.7. The first-order chi connectivity index (χ1) is 19.9. The number of carbonyl (C=O) groups is 1. The van der Waals surface area contributed by atoms with Crippen molar-refractivity contribution in [1.82, 2.24) is 0 Å². The SMILES string of the molecule is COCOC[C@@H]1Oc2c(c(I)cc(C(C)=O)c2OCc2ccccc2)O[C@H]1c1cc(OC)c(OCOC)c(OC)c1. The van der Waals surface area contributed by atoms with Crippen LogP contribution in [0.1, 0.15) is 34.5 Å². The van der Waals surface area contributed by atoms with Crippen LogP contribution in [-0.2, 0) is 20.8 Å². The average Bonchev–Trinajstić information content (AvgIpc) is 2.99. The third-order valence-corrected chi connectivity index (χ3v) is 7.02. The predicted molar refractivity (Wildman–Crippen MR) is 158 cm³/mol. The molecule has 0 radical (unpaired) electrons. The molecule has 220 valence electrons. The Morgan fingerprint density at radius 3 is 2.15 bits per heavy atom. The van der Waals surface area contributed by atoms with Gasteiger partial charge in [-0.3, -0.25) is 4.79 Å². The fourth-order valence-electron chi connectivity index (χ4n) is 4.34. The molecular weight excluding hydrogens is 647 g/mol. The van der Waals surface area contributed by atoms with Crippen molar-refractivity contribution in [3.05, 3.63) is 68.8 Å². The van der Waals surface area contributed by atoms with E-state index in [0.717, 1.165) is 5.56 Å². The van der Waals surface area contributed by atoms with Crippen molar-refractivity contribution in [2.24, 2.45) is 0 Å². The number of benzene rings is 3. The molecule has 10 nitrogen and oxygen atoms in total. The van der Waals surface area contributed by atoms with Crippen LogP contribution >= 0.6 is 22.6 Å². The lowest BCUT2D eigenvalue weighted by Gasteiger charge is -2.36. The Labute approximate surface area is 252 Å². The molecule has 2 atom stereocenters. The molecule has 41 heavy (non-hydrogen) atoms. The summed E-state index contributed by atoms with van der Waals surface area (Å²) in [5, 5.41) is 0. The molecule has 4 rings (SSSR count). The number of hydrogen-bond acceptors (Lipinski definition) is 10. The van der Waals surface area contributed by atoms with Crippen molar-refractivity contribution < 1.29 is 47.4 Å². The number of ketones is 1. The number of fused-ring (bicyclic) bond motifs is 1. The van der Waals surface area contributed by atoms with E-state index in [0.29, 0.717) is 49.2 Å². The molecule has 0 saturated carbocycles. The quantitative estimate of drug-likeness (QED) is 0.0930. The van der Waals surface area contributed by atoms with Gasteiger partial charge in [-0.15, -0.1) is 0 Å². The number of methoxy groups -OCH3 is 4. The summed E-state index contributed by atoms with van der Waals surface area (Å²) < 4.78 is 52.9. The van der Waals surface area contributed by atoms with Crippen LogP contribution in [-0.4, -0.2) is 60.5 Å². The molecule has 1 aliphatic heterocycles. The van der Waals surface area contributed by atoms with Gasteiger partial charge in [0, 0.05) is 19.8 Å². The van der Waals surface area contributed by atoms with Gasteiger partial charge in [-0.1, -0.05) is 30.3 Å². The van der Waals surface area contributed by atoms with Crippen LogP contribution < -0.4 is 28.4 Å². The first-order valence-corrected chi connectivity index (χ1v) is 13.8. The lowest BCUT2D eigenvalue weighted by Crippen LogP contribution is -2.37. The van der Waals surface area contributed by atoms with Gasteiger partial charge in [-0.25, -0.2) is 0 Å². The van der Waals surface area contributed by atoms with Crippen LogP contribution in [0.15, 0.2) is 48.5 Å². The molecule has 0 spiro atoms. The zero-order chi connectivity index (χ0) is 29.4. The second-order valence-corrected chi connectivity index (χ2v) is 10.2. The van der Waals surface area contributed by atoms with Crippen molar-refractivity contribution in [1.29, 1.82) is 0 Å². The number of halogens is 1. The third-order valence-electron chi connectivity index (χ3n) is 6.22. The Bertz CT molecular complexity index is 1310. The summed E-state index contributed by atoms with van der Waals surface area (Å²) in [7, 11) is 6.14. The van der Waals surface area contributed by atoms with Crippen LogP contribution in [0.25, 0.3) is 0 Å². The molecule has 3 aromatic carbocycles. The molecule has 0 bridgehead atoms. The van der Waals surface area contributed by atoms with Gasteiger partial charge in [0.1, 0.15) is 13.4 Å². The van der Waals surface area contributed by atoms with Crippen molar-refractivity contribution in [3.8, 4) is 34.5 Å². The van der Waals surface area contributed by atoms with Crippen molar-refractivity contribution >= 4 is 28.4 Å². The minimum Gasteiger partial charge on any atom is -0.493 e. The second-order valence-electron chi connectivity index (χ2n) is 9.00. The van der Waals surface area contributed by atoms with E-state index in [1.54, 1.807) is 18.2 Å². The topological polar surface area (TPSA) is 100 Å². The van der Waals surface area contributed by atoms with E-state index in [1.165, 1.54) is 35.4 Å². The lowest BCUT2D eigenvalue weighted by atomic mass is 10.0. The number of Topliss-reactive ketones (excluding diaryl/α,β-unsaturated/α-hetero) is 1. The molecule has 0 N–H and O–H groups in total. The highest BCUT2D eigenvalue weighted by molar-refractivity contribution is 14.1. The van der Waals surface area contributed by atoms with E-state index in [4.69, 9.17) is 42.6 Å². The first-order valence-electron chi connectivity index (χ1n) is 12.7. The minimum absolute atomic E-state index is 0.0123. The van der Waals surface area contributed by atoms with Gasteiger partial charge in [-0.2, -0.15) is 0 Å². The second kappa shape index (κ2) is 14.6. The molecule has 0 saturated heterocycles. The molecule has 0 aromatic heterocycles. The number of hydrogen-bond donors (Lipinski definition) is 0. The van der Waals surface area contributed by atoms with Crippen LogP contribution in [0.2, 0.25) is 0 Å². The zero-order valence-corrected chi connectivity index (χ0v) is 25.7. The molecule has 0 amide bonds. The van der Waals surface area contributed by atoms with Crippen LogP contribution in [0.4, 0.5) is 0 Å². The maximum Gasteiger partial charge on any atom is 0.206 e. The van der Waals surface area contributed by atoms with Gasteiger partial charge in [-0.05, 0) is 53.3 Å². The monoisotopic (exact) mass is 680 g/mol. The van der Waals surface area contributed by atoms with E-state index in [9.17, 15) is 4.79 Å². The van der Waals surface area contributed by atoms with E-state index < -0.39 is 12.2 Å². The Morgan fingerprint density at radius 2 is 1.54 bits per heavy atom. The van der Waals surface area contributed by atoms with Crippen LogP contribution in [0, 0.1) is 3.57 Å². The van der Waals surface area contributed by atoms with Crippen LogP contribution in [0.3, 0.4) is 0 Å². The Kier molecular flexibility index (Phi) is 10.9. The van der Waals surface area contributed by atoms with Crippen molar-refractivity contribution in [2.75, 3.05) is 48.6 Å². The fourth-order valence-corrected chi connectivity index (χ4v) is 5.02. The molecule has 1 heterocycles. The molecule has 0 unspecified atom stereocenters. The summed E-state index contributed by atoms with van der Waals surface area (Å²) in [6, 6.07) is 15.0. The lowest BCUT2D eigenvalue weighted by molar-refractivity contribution is -0.0878. The molecule has 1 aliphatic rings. The molecular formula is C30H33IO10. The number of carbonyl (C=O) groups excluding carboxylic acids is 1. The highest BCUT2D eigenvalue weighted by Crippen LogP contribution is 2.51. The summed E-state index contributed by atoms with van der Waals surface area (Å²) >= 11 is 2.13. The van der Waals surface area contributed by atoms with E-state index >= 15 is 0 Å². The Hall–Kier alpha value is -3.26. The normalized spacial score (nSPS) is 15.8.